The summed E-state index contributed by atoms with van der Waals surface area (Å²) >= 11 is 0. The topological polar surface area (TPSA) is 104 Å². The first-order chi connectivity index (χ1) is 61.5. The Kier molecular flexibility index (Phi) is 15.2. The third-order valence-corrected chi connectivity index (χ3v) is 26.5. The maximum Gasteiger partial charge on any atom is 0.164 e. The van der Waals surface area contributed by atoms with Crippen molar-refractivity contribution in [3.8, 4) is 168 Å². The first-order valence-electron chi connectivity index (χ1n) is 42.3. The van der Waals surface area contributed by atoms with Gasteiger partial charge in [0.15, 0.2) is 34.9 Å². The van der Waals surface area contributed by atoms with Crippen molar-refractivity contribution in [2.75, 3.05) is 0 Å². The van der Waals surface area contributed by atoms with Crippen molar-refractivity contribution in [3.05, 3.63) is 457 Å². The van der Waals surface area contributed by atoms with Gasteiger partial charge in [-0.15, -0.1) is 0 Å². The predicted molar refractivity (Wildman–Crippen MR) is 500 cm³/mol. The standard InChI is InChI=1S/C116H68N6O2/c1-2-28-69(29-3-1)109-117-111(76-58-60-89-81-38-6-4-36-79(81)83-40-8-16-49-95(83)115(101(89)67-76)97-51-18-10-42-85(97)86-43-11-19-52-98(86)115)122-114(119-109)94-63-62-78(108-107(94)92-47-15-23-56-104(92)124-108)74-34-25-32-72(65-74)70-30-24-31-71(64-70)73-33-26-35-75(66-73)110-118-112(121-113(120-110)93-48-27-57-105-106(93)91-46-14-22-55-103(91)123-105)77-59-61-90-82-39-7-5-37-80(82)84-41-9-17-50-96(84)116(102(90)68-77)99-53-20-12-44-87(99)88-45-13-21-54-100(88)116/h1-68H. The predicted octanol–water partition coefficient (Wildman–Crippen LogP) is 28.9. The van der Waals surface area contributed by atoms with Gasteiger partial charge in [0, 0.05) is 60.5 Å². The van der Waals surface area contributed by atoms with Gasteiger partial charge in [0.25, 0.3) is 0 Å². The van der Waals surface area contributed by atoms with E-state index in [1.807, 2.05) is 48.5 Å². The van der Waals surface area contributed by atoms with Gasteiger partial charge in [0.2, 0.25) is 0 Å². The van der Waals surface area contributed by atoms with Crippen LogP contribution in [0.4, 0.5) is 0 Å². The number of nitrogens with zero attached hydrogens (tertiary/aromatic N) is 6. The maximum atomic E-state index is 7.14. The van der Waals surface area contributed by atoms with E-state index >= 15 is 0 Å². The van der Waals surface area contributed by atoms with Crippen molar-refractivity contribution in [3.63, 3.8) is 0 Å². The lowest BCUT2D eigenvalue weighted by molar-refractivity contribution is 0.669. The highest BCUT2D eigenvalue weighted by Gasteiger charge is 2.52. The van der Waals surface area contributed by atoms with Crippen molar-refractivity contribution in [1.82, 2.24) is 29.9 Å². The zero-order valence-electron chi connectivity index (χ0n) is 66.8. The molecule has 0 unspecified atom stereocenters. The summed E-state index contributed by atoms with van der Waals surface area (Å²) in [6.07, 6.45) is 0. The first kappa shape index (κ1) is 69.5. The van der Waals surface area contributed by atoms with Gasteiger partial charge in [-0.25, -0.2) is 29.9 Å². The van der Waals surface area contributed by atoms with Crippen LogP contribution in [0.1, 0.15) is 44.5 Å². The van der Waals surface area contributed by atoms with Crippen LogP contribution in [0.3, 0.4) is 0 Å². The van der Waals surface area contributed by atoms with Crippen molar-refractivity contribution < 1.29 is 8.83 Å². The van der Waals surface area contributed by atoms with Crippen LogP contribution in [0.25, 0.3) is 212 Å². The number of benzene rings is 18. The van der Waals surface area contributed by atoms with E-state index in [-0.39, 0.29) is 0 Å². The third kappa shape index (κ3) is 10.2. The Balaban J connectivity index is 0.595. The van der Waals surface area contributed by atoms with E-state index in [4.69, 9.17) is 38.7 Å². The van der Waals surface area contributed by atoms with Gasteiger partial charge in [-0.3, -0.25) is 0 Å². The second kappa shape index (κ2) is 27.0. The maximum absolute atomic E-state index is 7.14. The summed E-state index contributed by atoms with van der Waals surface area (Å²) in [5.41, 5.74) is 37.1. The molecule has 0 amide bonds. The molecule has 2 spiro atoms. The Bertz CT molecular complexity index is 8210. The van der Waals surface area contributed by atoms with E-state index in [0.717, 1.165) is 127 Å². The van der Waals surface area contributed by atoms with Gasteiger partial charge in [-0.05, 0) is 200 Å². The number of aromatic nitrogens is 6. The number of furan rings is 2. The molecule has 574 valence electrons. The quantitative estimate of drug-likeness (QED) is 0.141. The van der Waals surface area contributed by atoms with Gasteiger partial charge >= 0.3 is 0 Å². The second-order valence-electron chi connectivity index (χ2n) is 32.8. The zero-order chi connectivity index (χ0) is 81.3. The lowest BCUT2D eigenvalue weighted by atomic mass is 9.65. The molecule has 26 rings (SSSR count). The molecule has 4 heterocycles. The molecule has 22 aromatic rings. The van der Waals surface area contributed by atoms with Crippen molar-refractivity contribution in [2.24, 2.45) is 0 Å². The van der Waals surface area contributed by atoms with Crippen LogP contribution in [0.15, 0.2) is 421 Å². The average molecular weight is 1580 g/mol. The number of hydrogen-bond acceptors (Lipinski definition) is 8. The third-order valence-electron chi connectivity index (χ3n) is 26.5. The van der Waals surface area contributed by atoms with Gasteiger partial charge in [-0.1, -0.05) is 352 Å². The monoisotopic (exact) mass is 1580 g/mol. The van der Waals surface area contributed by atoms with Crippen LogP contribution >= 0.6 is 0 Å². The minimum absolute atomic E-state index is 0.536. The molecule has 8 nitrogen and oxygen atoms in total. The summed E-state index contributed by atoms with van der Waals surface area (Å²) in [6.45, 7) is 0. The molecule has 0 N–H and O–H groups in total. The molecular formula is C116H68N6O2. The Hall–Kier alpha value is -16.4. The summed E-state index contributed by atoms with van der Waals surface area (Å²) in [7, 11) is 0. The zero-order valence-corrected chi connectivity index (χ0v) is 66.8. The van der Waals surface area contributed by atoms with Gasteiger partial charge < -0.3 is 8.83 Å². The molecule has 0 fully saturated rings. The number of fused-ring (bicyclic) bond motifs is 30. The highest BCUT2D eigenvalue weighted by atomic mass is 16.3. The first-order valence-corrected chi connectivity index (χ1v) is 42.3. The minimum Gasteiger partial charge on any atom is -0.456 e. The van der Waals surface area contributed by atoms with Gasteiger partial charge in [0.05, 0.1) is 10.8 Å². The van der Waals surface area contributed by atoms with E-state index in [2.05, 4.69) is 364 Å². The highest BCUT2D eigenvalue weighted by Crippen LogP contribution is 2.64. The highest BCUT2D eigenvalue weighted by molar-refractivity contribution is 6.16. The van der Waals surface area contributed by atoms with E-state index in [1.54, 1.807) is 0 Å². The summed E-state index contributed by atoms with van der Waals surface area (Å²) in [4.78, 5) is 33.3. The molecule has 124 heavy (non-hydrogen) atoms. The van der Waals surface area contributed by atoms with Crippen molar-refractivity contribution >= 4 is 43.9 Å². The fourth-order valence-corrected chi connectivity index (χ4v) is 21.3. The largest absolute Gasteiger partial charge is 0.456 e. The second-order valence-corrected chi connectivity index (χ2v) is 32.8. The average Bonchev–Trinajstić information content (AvgIpc) is 1.52. The van der Waals surface area contributed by atoms with E-state index in [1.165, 1.54) is 94.6 Å². The van der Waals surface area contributed by atoms with Gasteiger partial charge in [0.1, 0.15) is 22.3 Å². The molecule has 0 atom stereocenters. The summed E-state index contributed by atoms with van der Waals surface area (Å²) < 4.78 is 13.7. The molecule has 0 aliphatic heterocycles. The number of para-hydroxylation sites is 2. The summed E-state index contributed by atoms with van der Waals surface area (Å²) in [6, 6.07) is 149. The minimum atomic E-state index is -0.707. The molecule has 0 radical (unpaired) electrons. The van der Waals surface area contributed by atoms with E-state index in [0.29, 0.717) is 34.9 Å². The van der Waals surface area contributed by atoms with Gasteiger partial charge in [-0.2, -0.15) is 0 Å². The lowest BCUT2D eigenvalue weighted by Gasteiger charge is -2.35. The van der Waals surface area contributed by atoms with Crippen LogP contribution in [-0.4, -0.2) is 29.9 Å². The molecule has 4 aliphatic rings. The normalized spacial score (nSPS) is 13.1. The van der Waals surface area contributed by atoms with Crippen LogP contribution in [0, 0.1) is 0 Å². The molecule has 0 bridgehead atoms. The fraction of sp³-hybridized carbons (Fsp3) is 0.0172. The molecule has 0 saturated carbocycles. The van der Waals surface area contributed by atoms with Crippen molar-refractivity contribution in [1.29, 1.82) is 0 Å². The van der Waals surface area contributed by atoms with Crippen LogP contribution in [0.2, 0.25) is 0 Å². The van der Waals surface area contributed by atoms with Crippen molar-refractivity contribution in [2.45, 2.75) is 10.8 Å². The Morgan fingerprint density at radius 2 is 0.427 bits per heavy atom. The Labute approximate surface area is 714 Å². The molecule has 4 aromatic heterocycles. The number of hydrogen-bond donors (Lipinski definition) is 0. The molecular weight excluding hydrogens is 1510 g/mol. The van der Waals surface area contributed by atoms with E-state index < -0.39 is 10.8 Å². The fourth-order valence-electron chi connectivity index (χ4n) is 21.3. The molecule has 4 aliphatic carbocycles. The molecule has 18 aromatic carbocycles. The van der Waals surface area contributed by atoms with E-state index in [9.17, 15) is 0 Å². The summed E-state index contributed by atoms with van der Waals surface area (Å²) in [5, 5.41) is 3.81. The summed E-state index contributed by atoms with van der Waals surface area (Å²) in [5.74, 6) is 3.31. The number of rotatable bonds is 9. The van der Waals surface area contributed by atoms with Crippen LogP contribution in [-0.2, 0) is 10.8 Å². The van der Waals surface area contributed by atoms with Crippen LogP contribution in [0.5, 0.6) is 0 Å². The SMILES string of the molecule is c1ccc(-c2nc(-c3ccc4c(c3)C3(c5ccccc5-c5ccccc5-4)c4ccccc4-c4ccccc43)nc(-c3ccc(-c4cccc(-c5cccc(-c6cccc(-c7nc(-c8ccc9c(c8)C8(c%10ccccc%10-c%10ccccc%10-9)c9ccccc9-c9ccccc98)nc(-c8cccc9oc%10ccccc%10c89)n7)c6)c5)c4)c4oc5ccccc5c34)n2)cc1. The smallest absolute Gasteiger partial charge is 0.164 e. The Morgan fingerprint density at radius 3 is 0.887 bits per heavy atom. The Morgan fingerprint density at radius 1 is 0.153 bits per heavy atom. The molecule has 8 heteroatoms. The van der Waals surface area contributed by atoms with Crippen LogP contribution < -0.4 is 0 Å². The molecule has 0 saturated heterocycles. The lowest BCUT2D eigenvalue weighted by Crippen LogP contribution is -2.29.